The number of aliphatic hydroxyl groups excluding tert-OH is 2. The van der Waals surface area contributed by atoms with Crippen molar-refractivity contribution in [2.75, 3.05) is 61.0 Å². The first-order chi connectivity index (χ1) is 26.7. The summed E-state index contributed by atoms with van der Waals surface area (Å²) in [6.07, 6.45) is 15.7. The lowest BCUT2D eigenvalue weighted by Gasteiger charge is -2.62. The summed E-state index contributed by atoms with van der Waals surface area (Å²) < 4.78 is 7.05. The van der Waals surface area contributed by atoms with E-state index in [1.807, 2.05) is 6.92 Å². The van der Waals surface area contributed by atoms with Crippen molar-refractivity contribution in [2.24, 2.45) is 58.7 Å². The topological polar surface area (TPSA) is 110 Å². The lowest BCUT2D eigenvalue weighted by molar-refractivity contribution is -0.196. The first-order valence-corrected chi connectivity index (χ1v) is 23.4. The van der Waals surface area contributed by atoms with E-state index < -0.39 is 12.2 Å². The van der Waals surface area contributed by atoms with Gasteiger partial charge in [-0.25, -0.2) is 0 Å². The summed E-state index contributed by atoms with van der Waals surface area (Å²) in [7, 11) is 8.60. The number of rotatable bonds is 17. The molecular formula is C46H85N5O5. The van der Waals surface area contributed by atoms with Gasteiger partial charge in [0.1, 0.15) is 6.10 Å². The standard InChI is InChI=1S/C46H85N5O5/c1-29-39-25-36(46(39,4)5)26-40(29)48-30(2)43-42(31(3)53)41(28-52)56-51(43)27-33-16-13-17-38(44(33)55-21-20-49(6)7)34-22-35(24-37(23-34)50(8)9)45(54)47-19-18-32-14-11-10-12-15-32/h29-44,48,52-53H,10-28H2,1-9H3,(H,47,54)/t29-,30?,31-,33?,34?,35?,36+,37?,38?,39-,40-,41-,42+,43+,44?/m0/s1. The van der Waals surface area contributed by atoms with Gasteiger partial charge in [0, 0.05) is 55.5 Å². The maximum Gasteiger partial charge on any atom is 0.223 e. The van der Waals surface area contributed by atoms with Gasteiger partial charge in [-0.15, -0.1) is 0 Å². The molecule has 7 unspecified atom stereocenters. The normalized spacial score (nSPS) is 40.4. The summed E-state index contributed by atoms with van der Waals surface area (Å²) in [5.74, 6) is 4.01. The highest BCUT2D eigenvalue weighted by Gasteiger charge is 2.57. The van der Waals surface area contributed by atoms with Crippen molar-refractivity contribution in [2.45, 2.75) is 167 Å². The molecule has 0 aromatic rings. The molecular weight excluding hydrogens is 703 g/mol. The lowest BCUT2D eigenvalue weighted by Crippen LogP contribution is -2.63. The number of amides is 1. The number of hydroxylamine groups is 2. The Labute approximate surface area is 341 Å². The molecule has 6 aliphatic carbocycles. The summed E-state index contributed by atoms with van der Waals surface area (Å²) in [5.41, 5.74) is 0.426. The Morgan fingerprint density at radius 3 is 2.38 bits per heavy atom. The molecule has 7 fully saturated rings. The molecule has 1 amide bonds. The van der Waals surface area contributed by atoms with Crippen molar-refractivity contribution >= 4 is 5.91 Å². The number of ether oxygens (including phenoxy) is 1. The zero-order chi connectivity index (χ0) is 40.3. The van der Waals surface area contributed by atoms with Crippen LogP contribution in [0.5, 0.6) is 0 Å². The number of hydrogen-bond donors (Lipinski definition) is 4. The molecule has 7 rings (SSSR count). The number of nitrogens with zero attached hydrogens (tertiary/aromatic N) is 3. The Hall–Kier alpha value is -0.850. The molecule has 0 aromatic heterocycles. The molecule has 1 aliphatic heterocycles. The van der Waals surface area contributed by atoms with Gasteiger partial charge in [0.15, 0.2) is 0 Å². The van der Waals surface area contributed by atoms with Crippen LogP contribution in [0, 0.1) is 58.7 Å². The van der Waals surface area contributed by atoms with Crippen LogP contribution >= 0.6 is 0 Å². The smallest absolute Gasteiger partial charge is 0.223 e. The first kappa shape index (κ1) is 44.7. The fourth-order valence-electron chi connectivity index (χ4n) is 13.2. The molecule has 10 nitrogen and oxygen atoms in total. The first-order valence-electron chi connectivity index (χ1n) is 23.4. The number of fused-ring (bicyclic) bond motifs is 2. The van der Waals surface area contributed by atoms with E-state index in [0.717, 1.165) is 75.8 Å². The predicted molar refractivity (Wildman–Crippen MR) is 225 cm³/mol. The third-order valence-corrected chi connectivity index (χ3v) is 16.8. The fourth-order valence-corrected chi connectivity index (χ4v) is 13.2. The molecule has 1 heterocycles. The second-order valence-corrected chi connectivity index (χ2v) is 21.1. The summed E-state index contributed by atoms with van der Waals surface area (Å²) in [5, 5.41) is 31.5. The average Bonchev–Trinajstić information content (AvgIpc) is 3.54. The minimum absolute atomic E-state index is 0.0319. The molecule has 56 heavy (non-hydrogen) atoms. The Morgan fingerprint density at radius 2 is 1.73 bits per heavy atom. The quantitative estimate of drug-likeness (QED) is 0.145. The van der Waals surface area contributed by atoms with E-state index in [0.29, 0.717) is 48.4 Å². The number of nitrogens with one attached hydrogen (secondary N) is 2. The monoisotopic (exact) mass is 788 g/mol. The number of likely N-dealkylation sites (N-methyl/N-ethyl adjacent to an activating group) is 1. The van der Waals surface area contributed by atoms with Crippen LogP contribution in [0.4, 0.5) is 0 Å². The molecule has 6 saturated carbocycles. The highest BCUT2D eigenvalue weighted by Crippen LogP contribution is 2.61. The minimum Gasteiger partial charge on any atom is -0.394 e. The van der Waals surface area contributed by atoms with Gasteiger partial charge in [-0.3, -0.25) is 9.63 Å². The van der Waals surface area contributed by atoms with Gasteiger partial charge in [-0.2, -0.15) is 5.06 Å². The molecule has 15 atom stereocenters. The van der Waals surface area contributed by atoms with Crippen molar-refractivity contribution in [3.63, 3.8) is 0 Å². The lowest BCUT2D eigenvalue weighted by atomic mass is 9.44. The van der Waals surface area contributed by atoms with E-state index in [1.165, 1.54) is 44.9 Å². The Morgan fingerprint density at radius 1 is 0.982 bits per heavy atom. The number of aliphatic hydroxyl groups is 2. The highest BCUT2D eigenvalue weighted by molar-refractivity contribution is 5.78. The molecule has 0 radical (unpaired) electrons. The van der Waals surface area contributed by atoms with Gasteiger partial charge in [-0.1, -0.05) is 59.3 Å². The minimum atomic E-state index is -0.607. The number of carbonyl (C=O) groups is 1. The van der Waals surface area contributed by atoms with Crippen LogP contribution in [0.25, 0.3) is 0 Å². The summed E-state index contributed by atoms with van der Waals surface area (Å²) in [6.45, 7) is 14.5. The number of hydrogen-bond acceptors (Lipinski definition) is 9. The summed E-state index contributed by atoms with van der Waals surface area (Å²) in [6, 6.07) is 0.840. The third kappa shape index (κ3) is 10.2. The summed E-state index contributed by atoms with van der Waals surface area (Å²) in [4.78, 5) is 25.2. The number of carbonyl (C=O) groups excluding carboxylic acids is 1. The summed E-state index contributed by atoms with van der Waals surface area (Å²) >= 11 is 0. The SMILES string of the molecule is CC(N[C@H]1C[C@H]2C[C@@H]([C@@H]1C)C2(C)C)[C@@H]1[C@H]([C@H](C)O)[C@H](CO)ON1CC1CCCC(C2CC(C(=O)NCCC3CCCCC3)CC(N(C)C)C2)C1OCCN(C)C. The fraction of sp³-hybridized carbons (Fsp3) is 0.978. The Balaban J connectivity index is 1.18. The highest BCUT2D eigenvalue weighted by atomic mass is 16.7. The van der Waals surface area contributed by atoms with Gasteiger partial charge < -0.3 is 35.4 Å². The van der Waals surface area contributed by atoms with Crippen LogP contribution in [0.1, 0.15) is 125 Å². The van der Waals surface area contributed by atoms with Crippen LogP contribution in [0.3, 0.4) is 0 Å². The van der Waals surface area contributed by atoms with Crippen LogP contribution < -0.4 is 10.6 Å². The Bertz CT molecular complexity index is 1230. The van der Waals surface area contributed by atoms with E-state index in [1.54, 1.807) is 0 Å². The van der Waals surface area contributed by atoms with Crippen LogP contribution in [-0.2, 0) is 14.4 Å². The van der Waals surface area contributed by atoms with Gasteiger partial charge in [0.2, 0.25) is 5.91 Å². The molecule has 1 saturated heterocycles. The van der Waals surface area contributed by atoms with Gasteiger partial charge >= 0.3 is 0 Å². The van der Waals surface area contributed by atoms with E-state index in [9.17, 15) is 15.0 Å². The molecule has 0 spiro atoms. The van der Waals surface area contributed by atoms with E-state index >= 15 is 0 Å². The zero-order valence-electron chi connectivity index (χ0n) is 37.1. The van der Waals surface area contributed by atoms with E-state index in [2.05, 4.69) is 81.4 Å². The van der Waals surface area contributed by atoms with Gasteiger partial charge in [-0.05, 0) is 134 Å². The van der Waals surface area contributed by atoms with Gasteiger partial charge in [0.05, 0.1) is 31.5 Å². The van der Waals surface area contributed by atoms with Crippen molar-refractivity contribution < 1.29 is 24.6 Å². The Kier molecular flexibility index (Phi) is 15.7. The molecule has 0 aromatic carbocycles. The maximum absolute atomic E-state index is 13.9. The predicted octanol–water partition coefficient (Wildman–Crippen LogP) is 5.81. The molecule has 4 N–H and O–H groups in total. The molecule has 2 bridgehead atoms. The molecule has 10 heteroatoms. The van der Waals surface area contributed by atoms with Gasteiger partial charge in [0.25, 0.3) is 0 Å². The van der Waals surface area contributed by atoms with Crippen molar-refractivity contribution in [3.05, 3.63) is 0 Å². The largest absolute Gasteiger partial charge is 0.394 e. The van der Waals surface area contributed by atoms with Crippen LogP contribution in [-0.4, -0.2) is 135 Å². The zero-order valence-corrected chi connectivity index (χ0v) is 37.1. The third-order valence-electron chi connectivity index (χ3n) is 16.8. The maximum atomic E-state index is 13.9. The second-order valence-electron chi connectivity index (χ2n) is 21.1. The van der Waals surface area contributed by atoms with Crippen molar-refractivity contribution in [1.82, 2.24) is 25.5 Å². The van der Waals surface area contributed by atoms with E-state index in [-0.39, 0.29) is 48.5 Å². The molecule has 7 aliphatic rings. The van der Waals surface area contributed by atoms with Crippen molar-refractivity contribution in [1.29, 1.82) is 0 Å². The average molecular weight is 788 g/mol. The van der Waals surface area contributed by atoms with Crippen LogP contribution in [0.2, 0.25) is 0 Å². The second kappa shape index (κ2) is 19.7. The van der Waals surface area contributed by atoms with Crippen molar-refractivity contribution in [3.8, 4) is 0 Å². The van der Waals surface area contributed by atoms with Crippen LogP contribution in [0.15, 0.2) is 0 Å². The molecule has 324 valence electrons. The van der Waals surface area contributed by atoms with E-state index in [4.69, 9.17) is 9.57 Å².